The quantitative estimate of drug-likeness (QED) is 0.811. The fourth-order valence-corrected chi connectivity index (χ4v) is 3.49. The molecule has 0 saturated carbocycles. The van der Waals surface area contributed by atoms with E-state index in [2.05, 4.69) is 37.2 Å². The van der Waals surface area contributed by atoms with Crippen molar-refractivity contribution in [3.8, 4) is 0 Å². The van der Waals surface area contributed by atoms with Gasteiger partial charge in [0.2, 0.25) is 0 Å². The SMILES string of the molecule is Brc1nnc(C2CCCc3cccnc32)s1. The smallest absolute Gasteiger partial charge is 0.183 e. The molecule has 82 valence electrons. The third kappa shape index (κ3) is 1.78. The molecule has 3 rings (SSSR count). The van der Waals surface area contributed by atoms with Crippen LogP contribution in [-0.2, 0) is 6.42 Å². The van der Waals surface area contributed by atoms with Crippen LogP contribution in [-0.4, -0.2) is 15.2 Å². The molecule has 0 aromatic carbocycles. The van der Waals surface area contributed by atoms with Crippen molar-refractivity contribution in [2.45, 2.75) is 25.2 Å². The molecule has 2 aromatic heterocycles. The summed E-state index contributed by atoms with van der Waals surface area (Å²) in [6.07, 6.45) is 5.35. The number of nitrogens with zero attached hydrogens (tertiary/aromatic N) is 3. The van der Waals surface area contributed by atoms with Gasteiger partial charge >= 0.3 is 0 Å². The van der Waals surface area contributed by atoms with Crippen molar-refractivity contribution in [2.24, 2.45) is 0 Å². The topological polar surface area (TPSA) is 38.7 Å². The molecule has 0 radical (unpaired) electrons. The van der Waals surface area contributed by atoms with Crippen LogP contribution >= 0.6 is 27.3 Å². The van der Waals surface area contributed by atoms with Crippen LogP contribution < -0.4 is 0 Å². The van der Waals surface area contributed by atoms with E-state index >= 15 is 0 Å². The van der Waals surface area contributed by atoms with E-state index in [4.69, 9.17) is 0 Å². The molecule has 16 heavy (non-hydrogen) atoms. The second-order valence-corrected chi connectivity index (χ2v) is 6.17. The molecule has 0 saturated heterocycles. The summed E-state index contributed by atoms with van der Waals surface area (Å²) >= 11 is 4.98. The molecule has 3 nitrogen and oxygen atoms in total. The van der Waals surface area contributed by atoms with Crippen LogP contribution in [0.4, 0.5) is 0 Å². The van der Waals surface area contributed by atoms with Gasteiger partial charge in [-0.15, -0.1) is 10.2 Å². The molecule has 2 heterocycles. The Balaban J connectivity index is 2.04. The summed E-state index contributed by atoms with van der Waals surface area (Å²) in [6, 6.07) is 4.18. The summed E-state index contributed by atoms with van der Waals surface area (Å²) in [5, 5.41) is 9.32. The number of aromatic nitrogens is 3. The zero-order chi connectivity index (χ0) is 11.0. The normalized spacial score (nSPS) is 19.4. The van der Waals surface area contributed by atoms with E-state index in [0.717, 1.165) is 21.8 Å². The largest absolute Gasteiger partial charge is 0.260 e. The van der Waals surface area contributed by atoms with E-state index in [0.29, 0.717) is 5.92 Å². The summed E-state index contributed by atoms with van der Waals surface area (Å²) in [7, 11) is 0. The second kappa shape index (κ2) is 4.22. The number of fused-ring (bicyclic) bond motifs is 1. The summed E-state index contributed by atoms with van der Waals surface area (Å²) < 4.78 is 0.852. The number of aryl methyl sites for hydroxylation is 1. The number of halogens is 1. The Morgan fingerprint density at radius 1 is 1.38 bits per heavy atom. The minimum absolute atomic E-state index is 0.341. The minimum Gasteiger partial charge on any atom is -0.260 e. The van der Waals surface area contributed by atoms with Gasteiger partial charge in [-0.2, -0.15) is 0 Å². The van der Waals surface area contributed by atoms with Gasteiger partial charge in [-0.05, 0) is 46.8 Å². The molecule has 0 aliphatic heterocycles. The summed E-state index contributed by atoms with van der Waals surface area (Å²) in [5.41, 5.74) is 2.56. The number of hydrogen-bond acceptors (Lipinski definition) is 4. The summed E-state index contributed by atoms with van der Waals surface area (Å²) in [4.78, 5) is 4.51. The van der Waals surface area contributed by atoms with E-state index in [1.165, 1.54) is 17.7 Å². The van der Waals surface area contributed by atoms with Crippen LogP contribution in [0.1, 0.15) is 35.0 Å². The Hall–Kier alpha value is -0.810. The van der Waals surface area contributed by atoms with E-state index in [1.54, 1.807) is 11.3 Å². The maximum Gasteiger partial charge on any atom is 0.183 e. The molecule has 0 amide bonds. The van der Waals surface area contributed by atoms with E-state index in [1.807, 2.05) is 12.3 Å². The Labute approximate surface area is 106 Å². The lowest BCUT2D eigenvalue weighted by atomic mass is 9.87. The van der Waals surface area contributed by atoms with Gasteiger partial charge in [0.1, 0.15) is 5.01 Å². The third-order valence-corrected chi connectivity index (χ3v) is 4.38. The van der Waals surface area contributed by atoms with Gasteiger partial charge in [-0.25, -0.2) is 0 Å². The van der Waals surface area contributed by atoms with Crippen LogP contribution in [0.2, 0.25) is 0 Å². The molecule has 1 atom stereocenters. The molecule has 1 aliphatic rings. The van der Waals surface area contributed by atoms with Crippen molar-refractivity contribution in [2.75, 3.05) is 0 Å². The average Bonchev–Trinajstić information content (AvgIpc) is 2.75. The van der Waals surface area contributed by atoms with Gasteiger partial charge < -0.3 is 0 Å². The van der Waals surface area contributed by atoms with Gasteiger partial charge in [0.25, 0.3) is 0 Å². The number of hydrogen-bond donors (Lipinski definition) is 0. The van der Waals surface area contributed by atoms with Crippen molar-refractivity contribution < 1.29 is 0 Å². The van der Waals surface area contributed by atoms with Crippen LogP contribution in [0.5, 0.6) is 0 Å². The maximum atomic E-state index is 4.51. The molecular formula is C11H10BrN3S. The second-order valence-electron chi connectivity index (χ2n) is 3.89. The molecule has 0 spiro atoms. The highest BCUT2D eigenvalue weighted by atomic mass is 79.9. The van der Waals surface area contributed by atoms with Crippen LogP contribution in [0, 0.1) is 0 Å². The summed E-state index contributed by atoms with van der Waals surface area (Å²) in [6.45, 7) is 0. The predicted molar refractivity (Wildman–Crippen MR) is 66.6 cm³/mol. The molecule has 1 aliphatic carbocycles. The highest BCUT2D eigenvalue weighted by molar-refractivity contribution is 9.11. The van der Waals surface area contributed by atoms with Crippen LogP contribution in [0.25, 0.3) is 0 Å². The molecule has 1 unspecified atom stereocenters. The highest BCUT2D eigenvalue weighted by Gasteiger charge is 2.25. The molecule has 0 bridgehead atoms. The number of rotatable bonds is 1. The van der Waals surface area contributed by atoms with Gasteiger partial charge in [0.05, 0.1) is 11.6 Å². The highest BCUT2D eigenvalue weighted by Crippen LogP contribution is 2.37. The maximum absolute atomic E-state index is 4.51. The molecule has 0 N–H and O–H groups in total. The van der Waals surface area contributed by atoms with Gasteiger partial charge in [0, 0.05) is 6.20 Å². The molecule has 0 fully saturated rings. The number of pyridine rings is 1. The van der Waals surface area contributed by atoms with Crippen molar-refractivity contribution in [3.05, 3.63) is 38.5 Å². The lowest BCUT2D eigenvalue weighted by Crippen LogP contribution is -2.12. The fraction of sp³-hybridized carbons (Fsp3) is 0.364. The first-order chi connectivity index (χ1) is 7.84. The molecule has 2 aromatic rings. The summed E-state index contributed by atoms with van der Waals surface area (Å²) in [5.74, 6) is 0.341. The third-order valence-electron chi connectivity index (χ3n) is 2.91. The van der Waals surface area contributed by atoms with Crippen molar-refractivity contribution >= 4 is 27.3 Å². The van der Waals surface area contributed by atoms with Crippen LogP contribution in [0.3, 0.4) is 0 Å². The zero-order valence-electron chi connectivity index (χ0n) is 8.56. The monoisotopic (exact) mass is 295 g/mol. The van der Waals surface area contributed by atoms with Gasteiger partial charge in [-0.1, -0.05) is 17.4 Å². The first kappa shape index (κ1) is 10.4. The standard InChI is InChI=1S/C11H10BrN3S/c12-11-15-14-10(16-11)8-5-1-3-7-4-2-6-13-9(7)8/h2,4,6,8H,1,3,5H2. The Bertz CT molecular complexity index is 511. The first-order valence-corrected chi connectivity index (χ1v) is 6.88. The van der Waals surface area contributed by atoms with E-state index in [9.17, 15) is 0 Å². The van der Waals surface area contributed by atoms with Crippen LogP contribution in [0.15, 0.2) is 22.2 Å². The minimum atomic E-state index is 0.341. The lowest BCUT2D eigenvalue weighted by molar-refractivity contribution is 0.592. The first-order valence-electron chi connectivity index (χ1n) is 5.27. The average molecular weight is 296 g/mol. The van der Waals surface area contributed by atoms with Gasteiger partial charge in [0.15, 0.2) is 3.92 Å². The Morgan fingerprint density at radius 3 is 3.12 bits per heavy atom. The van der Waals surface area contributed by atoms with Crippen molar-refractivity contribution in [3.63, 3.8) is 0 Å². The predicted octanol–water partition coefficient (Wildman–Crippen LogP) is 3.16. The van der Waals surface area contributed by atoms with E-state index in [-0.39, 0.29) is 0 Å². The van der Waals surface area contributed by atoms with Crippen molar-refractivity contribution in [1.29, 1.82) is 0 Å². The van der Waals surface area contributed by atoms with E-state index < -0.39 is 0 Å². The molecule has 5 heteroatoms. The zero-order valence-corrected chi connectivity index (χ0v) is 11.0. The fourth-order valence-electron chi connectivity index (χ4n) is 2.21. The van der Waals surface area contributed by atoms with Crippen molar-refractivity contribution in [1.82, 2.24) is 15.2 Å². The molecular weight excluding hydrogens is 286 g/mol. The lowest BCUT2D eigenvalue weighted by Gasteiger charge is -2.21. The Kier molecular flexibility index (Phi) is 2.73. The Morgan fingerprint density at radius 2 is 2.31 bits per heavy atom. The van der Waals surface area contributed by atoms with Gasteiger partial charge in [-0.3, -0.25) is 4.98 Å².